The Hall–Kier alpha value is -1.24. The first-order valence-corrected chi connectivity index (χ1v) is 5.26. The van der Waals surface area contributed by atoms with Gasteiger partial charge in [-0.15, -0.1) is 0 Å². The number of benzene rings is 1. The lowest BCUT2D eigenvalue weighted by Gasteiger charge is -2.50. The van der Waals surface area contributed by atoms with Crippen molar-refractivity contribution in [2.24, 2.45) is 5.92 Å². The van der Waals surface area contributed by atoms with Crippen LogP contribution in [0.5, 0.6) is 0 Å². The highest BCUT2D eigenvalue weighted by molar-refractivity contribution is 5.29. The van der Waals surface area contributed by atoms with E-state index < -0.39 is 0 Å². The molecule has 1 aromatic carbocycles. The quantitative estimate of drug-likeness (QED) is 0.687. The van der Waals surface area contributed by atoms with E-state index in [-0.39, 0.29) is 0 Å². The molecule has 1 aliphatic heterocycles. The van der Waals surface area contributed by atoms with E-state index >= 15 is 0 Å². The van der Waals surface area contributed by atoms with Crippen LogP contribution in [0.25, 0.3) is 0 Å². The predicted molar refractivity (Wildman–Crippen MR) is 59.9 cm³/mol. The Labute approximate surface area is 86.1 Å². The van der Waals surface area contributed by atoms with Gasteiger partial charge in [-0.2, -0.15) is 0 Å². The maximum absolute atomic E-state index is 4.10. The molecule has 0 radical (unpaired) electrons. The zero-order chi connectivity index (χ0) is 10.1. The van der Waals surface area contributed by atoms with Crippen LogP contribution in [0.2, 0.25) is 0 Å². The molecule has 14 heavy (non-hydrogen) atoms. The molecule has 2 rings (SSSR count). The smallest absolute Gasteiger partial charge is 0.0619 e. The number of likely N-dealkylation sites (tertiary alicyclic amines) is 1. The van der Waals surface area contributed by atoms with Crippen LogP contribution >= 0.6 is 0 Å². The summed E-state index contributed by atoms with van der Waals surface area (Å²) in [6, 6.07) is 11.2. The molecule has 0 aliphatic carbocycles. The molecule has 1 heteroatoms. The monoisotopic (exact) mass is 187 g/mol. The van der Waals surface area contributed by atoms with Crippen molar-refractivity contribution in [3.05, 3.63) is 48.2 Å². The van der Waals surface area contributed by atoms with Gasteiger partial charge in [0.1, 0.15) is 0 Å². The number of nitrogens with zero attached hydrogens (tertiary/aromatic N) is 1. The zero-order valence-electron chi connectivity index (χ0n) is 8.90. The van der Waals surface area contributed by atoms with E-state index in [1.165, 1.54) is 11.3 Å². The second-order valence-corrected chi connectivity index (χ2v) is 3.92. The van der Waals surface area contributed by atoms with E-state index in [0.717, 1.165) is 6.54 Å². The maximum Gasteiger partial charge on any atom is 0.0619 e. The molecular weight excluding hydrogens is 170 g/mol. The Morgan fingerprint density at radius 1 is 1.29 bits per heavy atom. The standard InChI is InChI=1S/C13H17N/c1-4-14-11(3)10(2)13(14)12-8-6-5-7-9-12/h5-10,13H,3-4H2,1-2H3. The molecule has 2 unspecified atom stereocenters. The van der Waals surface area contributed by atoms with Gasteiger partial charge in [-0.25, -0.2) is 0 Å². The van der Waals surface area contributed by atoms with Crippen LogP contribution in [0.4, 0.5) is 0 Å². The van der Waals surface area contributed by atoms with Crippen molar-refractivity contribution in [1.82, 2.24) is 4.90 Å². The second-order valence-electron chi connectivity index (χ2n) is 3.92. The minimum Gasteiger partial charge on any atom is -0.368 e. The first kappa shape index (κ1) is 9.32. The fraction of sp³-hybridized carbons (Fsp3) is 0.385. The van der Waals surface area contributed by atoms with Crippen molar-refractivity contribution < 1.29 is 0 Å². The van der Waals surface area contributed by atoms with Crippen LogP contribution in [0.3, 0.4) is 0 Å². The summed E-state index contributed by atoms with van der Waals surface area (Å²) in [5.74, 6) is 0.595. The Morgan fingerprint density at radius 2 is 1.93 bits per heavy atom. The lowest BCUT2D eigenvalue weighted by atomic mass is 9.82. The third-order valence-corrected chi connectivity index (χ3v) is 3.19. The van der Waals surface area contributed by atoms with E-state index in [9.17, 15) is 0 Å². The van der Waals surface area contributed by atoms with Gasteiger partial charge in [0.15, 0.2) is 0 Å². The molecule has 0 aromatic heterocycles. The summed E-state index contributed by atoms with van der Waals surface area (Å²) >= 11 is 0. The van der Waals surface area contributed by atoms with Gasteiger partial charge in [0, 0.05) is 18.2 Å². The van der Waals surface area contributed by atoms with Crippen LogP contribution in [0.15, 0.2) is 42.6 Å². The van der Waals surface area contributed by atoms with E-state index in [0.29, 0.717) is 12.0 Å². The molecule has 1 saturated heterocycles. The molecule has 0 amide bonds. The molecule has 1 heterocycles. The molecule has 0 bridgehead atoms. The van der Waals surface area contributed by atoms with Crippen molar-refractivity contribution in [1.29, 1.82) is 0 Å². The fourth-order valence-electron chi connectivity index (χ4n) is 2.33. The van der Waals surface area contributed by atoms with Crippen molar-refractivity contribution in [3.63, 3.8) is 0 Å². The average Bonchev–Trinajstić information content (AvgIpc) is 2.25. The van der Waals surface area contributed by atoms with E-state index in [4.69, 9.17) is 0 Å². The minimum atomic E-state index is 0.550. The van der Waals surface area contributed by atoms with Gasteiger partial charge in [-0.05, 0) is 12.5 Å². The molecule has 0 saturated carbocycles. The van der Waals surface area contributed by atoms with Crippen LogP contribution in [0, 0.1) is 5.92 Å². The molecular formula is C13H17N. The summed E-state index contributed by atoms with van der Waals surface area (Å²) in [4.78, 5) is 2.38. The van der Waals surface area contributed by atoms with Crippen LogP contribution in [-0.2, 0) is 0 Å². The van der Waals surface area contributed by atoms with Gasteiger partial charge in [0.05, 0.1) is 6.04 Å². The minimum absolute atomic E-state index is 0.550. The average molecular weight is 187 g/mol. The second kappa shape index (κ2) is 3.49. The van der Waals surface area contributed by atoms with E-state index in [2.05, 4.69) is 55.7 Å². The summed E-state index contributed by atoms with van der Waals surface area (Å²) in [6.45, 7) is 9.60. The first-order chi connectivity index (χ1) is 6.75. The Balaban J connectivity index is 2.23. The first-order valence-electron chi connectivity index (χ1n) is 5.26. The summed E-state index contributed by atoms with van der Waals surface area (Å²) in [5, 5.41) is 0. The fourth-order valence-corrected chi connectivity index (χ4v) is 2.33. The molecule has 74 valence electrons. The van der Waals surface area contributed by atoms with E-state index in [1.807, 2.05) is 0 Å². The predicted octanol–water partition coefficient (Wildman–Crippen LogP) is 3.21. The highest BCUT2D eigenvalue weighted by Gasteiger charge is 2.38. The number of hydrogen-bond acceptors (Lipinski definition) is 1. The van der Waals surface area contributed by atoms with Crippen molar-refractivity contribution in [3.8, 4) is 0 Å². The largest absolute Gasteiger partial charge is 0.368 e. The topological polar surface area (TPSA) is 3.24 Å². The molecule has 1 aliphatic rings. The highest BCUT2D eigenvalue weighted by atomic mass is 15.2. The normalized spacial score (nSPS) is 26.1. The highest BCUT2D eigenvalue weighted by Crippen LogP contribution is 2.45. The Kier molecular flexibility index (Phi) is 2.32. The third kappa shape index (κ3) is 1.24. The third-order valence-electron chi connectivity index (χ3n) is 3.19. The molecule has 1 aromatic rings. The lowest BCUT2D eigenvalue weighted by Crippen LogP contribution is -2.45. The molecule has 1 nitrogen and oxygen atoms in total. The van der Waals surface area contributed by atoms with Gasteiger partial charge in [0.25, 0.3) is 0 Å². The van der Waals surface area contributed by atoms with Gasteiger partial charge >= 0.3 is 0 Å². The Morgan fingerprint density at radius 3 is 2.50 bits per heavy atom. The Bertz CT molecular complexity index is 328. The van der Waals surface area contributed by atoms with Gasteiger partial charge in [0.2, 0.25) is 0 Å². The van der Waals surface area contributed by atoms with Gasteiger partial charge < -0.3 is 4.90 Å². The van der Waals surface area contributed by atoms with Gasteiger partial charge in [-0.3, -0.25) is 0 Å². The SMILES string of the molecule is C=C1C(C)C(c2ccccc2)N1CC. The maximum atomic E-state index is 4.10. The van der Waals surface area contributed by atoms with Crippen molar-refractivity contribution in [2.75, 3.05) is 6.54 Å². The summed E-state index contributed by atoms with van der Waals surface area (Å²) < 4.78 is 0. The van der Waals surface area contributed by atoms with Crippen LogP contribution in [0.1, 0.15) is 25.5 Å². The van der Waals surface area contributed by atoms with Crippen molar-refractivity contribution in [2.45, 2.75) is 19.9 Å². The van der Waals surface area contributed by atoms with E-state index in [1.54, 1.807) is 0 Å². The molecule has 2 atom stereocenters. The number of hydrogen-bond donors (Lipinski definition) is 0. The lowest BCUT2D eigenvalue weighted by molar-refractivity contribution is 0.101. The molecule has 0 N–H and O–H groups in total. The summed E-state index contributed by atoms with van der Waals surface area (Å²) in [6.07, 6.45) is 0. The number of rotatable bonds is 2. The van der Waals surface area contributed by atoms with Gasteiger partial charge in [-0.1, -0.05) is 43.8 Å². The van der Waals surface area contributed by atoms with Crippen LogP contribution < -0.4 is 0 Å². The molecule has 1 fully saturated rings. The molecule has 0 spiro atoms. The summed E-state index contributed by atoms with van der Waals surface area (Å²) in [5.41, 5.74) is 2.69. The zero-order valence-corrected chi connectivity index (χ0v) is 8.90. The van der Waals surface area contributed by atoms with Crippen LogP contribution in [-0.4, -0.2) is 11.4 Å². The van der Waals surface area contributed by atoms with Crippen molar-refractivity contribution >= 4 is 0 Å². The summed E-state index contributed by atoms with van der Waals surface area (Å²) in [7, 11) is 0.